The van der Waals surface area contributed by atoms with Crippen molar-refractivity contribution in [3.63, 3.8) is 0 Å². The molecule has 0 atom stereocenters. The van der Waals surface area contributed by atoms with E-state index in [0.29, 0.717) is 27.7 Å². The highest BCUT2D eigenvalue weighted by molar-refractivity contribution is 7.13. The summed E-state index contributed by atoms with van der Waals surface area (Å²) in [6.45, 7) is 2.35. The number of aryl methyl sites for hydroxylation is 1. The fourth-order valence-electron chi connectivity index (χ4n) is 2.66. The Hall–Kier alpha value is -2.77. The molecule has 3 aromatic rings. The number of thiazole rings is 1. The molecule has 0 aliphatic heterocycles. The van der Waals surface area contributed by atoms with Crippen LogP contribution < -0.4 is 10.6 Å². The van der Waals surface area contributed by atoms with E-state index in [9.17, 15) is 14.0 Å². The van der Waals surface area contributed by atoms with Gasteiger partial charge in [-0.05, 0) is 30.2 Å². The number of aromatic nitrogens is 1. The molecule has 3 rings (SSSR count). The largest absolute Gasteiger partial charge is 0.352 e. The van der Waals surface area contributed by atoms with E-state index >= 15 is 0 Å². The Balaban J connectivity index is 1.55. The zero-order valence-corrected chi connectivity index (χ0v) is 17.2. The van der Waals surface area contributed by atoms with Gasteiger partial charge in [-0.15, -0.1) is 11.3 Å². The predicted molar refractivity (Wildman–Crippen MR) is 111 cm³/mol. The molecule has 0 unspecified atom stereocenters. The van der Waals surface area contributed by atoms with Gasteiger partial charge in [0.1, 0.15) is 15.7 Å². The van der Waals surface area contributed by atoms with E-state index in [1.54, 1.807) is 6.92 Å². The molecule has 5 nitrogen and oxygen atoms in total. The minimum Gasteiger partial charge on any atom is -0.352 e. The molecule has 0 spiro atoms. The Morgan fingerprint density at radius 1 is 1.10 bits per heavy atom. The lowest BCUT2D eigenvalue weighted by Gasteiger charge is -2.06. The first-order valence-electron chi connectivity index (χ1n) is 8.91. The third kappa shape index (κ3) is 5.85. The standard InChI is InChI=1S/C21H19ClFN3O2S/c1-13-20(21(28)25-11-14-5-3-2-4-6-14)29-19(26-13)10-18(27)24-12-15-7-8-16(23)9-17(15)22/h2-9H,10-12H2,1H3,(H,24,27)(H,25,28). The summed E-state index contributed by atoms with van der Waals surface area (Å²) in [5.41, 5.74) is 2.21. The van der Waals surface area contributed by atoms with E-state index in [1.165, 1.54) is 29.5 Å². The number of rotatable bonds is 7. The quantitative estimate of drug-likeness (QED) is 0.593. The molecule has 0 aliphatic carbocycles. The average molecular weight is 432 g/mol. The van der Waals surface area contributed by atoms with Gasteiger partial charge in [0, 0.05) is 18.1 Å². The Morgan fingerprint density at radius 2 is 1.86 bits per heavy atom. The molecule has 8 heteroatoms. The third-order valence-corrected chi connectivity index (χ3v) is 5.65. The molecular formula is C21H19ClFN3O2S. The number of nitrogens with one attached hydrogen (secondary N) is 2. The zero-order chi connectivity index (χ0) is 20.8. The van der Waals surface area contributed by atoms with Crippen LogP contribution in [-0.2, 0) is 24.3 Å². The molecule has 0 saturated heterocycles. The summed E-state index contributed by atoms with van der Waals surface area (Å²) < 4.78 is 13.1. The van der Waals surface area contributed by atoms with Gasteiger partial charge >= 0.3 is 0 Å². The molecule has 0 aliphatic rings. The Bertz CT molecular complexity index is 1020. The molecule has 2 amide bonds. The topological polar surface area (TPSA) is 71.1 Å². The molecular weight excluding hydrogens is 413 g/mol. The smallest absolute Gasteiger partial charge is 0.263 e. The molecule has 2 aromatic carbocycles. The lowest BCUT2D eigenvalue weighted by Crippen LogP contribution is -2.24. The first-order chi connectivity index (χ1) is 13.9. The Morgan fingerprint density at radius 3 is 2.59 bits per heavy atom. The highest BCUT2D eigenvalue weighted by Crippen LogP contribution is 2.20. The lowest BCUT2D eigenvalue weighted by molar-refractivity contribution is -0.120. The molecule has 1 heterocycles. The van der Waals surface area contributed by atoms with Crippen LogP contribution >= 0.6 is 22.9 Å². The first-order valence-corrected chi connectivity index (χ1v) is 10.1. The second kappa shape index (κ2) is 9.62. The molecule has 1 aromatic heterocycles. The van der Waals surface area contributed by atoms with E-state index in [2.05, 4.69) is 15.6 Å². The van der Waals surface area contributed by atoms with Crippen molar-refractivity contribution in [1.82, 2.24) is 15.6 Å². The Kier molecular flexibility index (Phi) is 6.95. The maximum Gasteiger partial charge on any atom is 0.263 e. The molecule has 0 bridgehead atoms. The SMILES string of the molecule is Cc1nc(CC(=O)NCc2ccc(F)cc2Cl)sc1C(=O)NCc1ccccc1. The van der Waals surface area contributed by atoms with Gasteiger partial charge in [0.05, 0.1) is 12.1 Å². The minimum absolute atomic E-state index is 0.0519. The average Bonchev–Trinajstić information content (AvgIpc) is 3.06. The van der Waals surface area contributed by atoms with Gasteiger partial charge in [-0.25, -0.2) is 9.37 Å². The lowest BCUT2D eigenvalue weighted by atomic mass is 10.2. The van der Waals surface area contributed by atoms with Gasteiger partial charge < -0.3 is 10.6 Å². The van der Waals surface area contributed by atoms with Crippen LogP contribution in [0.2, 0.25) is 5.02 Å². The molecule has 29 heavy (non-hydrogen) atoms. The summed E-state index contributed by atoms with van der Waals surface area (Å²) >= 11 is 7.16. The highest BCUT2D eigenvalue weighted by atomic mass is 35.5. The fourth-order valence-corrected chi connectivity index (χ4v) is 3.87. The van der Waals surface area contributed by atoms with E-state index < -0.39 is 5.82 Å². The number of benzene rings is 2. The van der Waals surface area contributed by atoms with Crippen molar-refractivity contribution >= 4 is 34.8 Å². The van der Waals surface area contributed by atoms with Gasteiger partial charge in [-0.2, -0.15) is 0 Å². The molecule has 0 radical (unpaired) electrons. The van der Waals surface area contributed by atoms with Crippen molar-refractivity contribution in [2.75, 3.05) is 0 Å². The number of amides is 2. The number of hydrogen-bond acceptors (Lipinski definition) is 4. The van der Waals surface area contributed by atoms with Crippen LogP contribution in [0.4, 0.5) is 4.39 Å². The number of halogens is 2. The monoisotopic (exact) mass is 431 g/mol. The second-order valence-electron chi connectivity index (χ2n) is 6.38. The highest BCUT2D eigenvalue weighted by Gasteiger charge is 2.17. The van der Waals surface area contributed by atoms with Crippen molar-refractivity contribution in [2.24, 2.45) is 0 Å². The first kappa shape index (κ1) is 21.0. The molecule has 150 valence electrons. The van der Waals surface area contributed by atoms with Crippen LogP contribution in [0.3, 0.4) is 0 Å². The molecule has 2 N–H and O–H groups in total. The molecule has 0 saturated carbocycles. The zero-order valence-electron chi connectivity index (χ0n) is 15.7. The van der Waals surface area contributed by atoms with Crippen LogP contribution in [-0.4, -0.2) is 16.8 Å². The summed E-state index contributed by atoms with van der Waals surface area (Å²) in [4.78, 5) is 29.5. The molecule has 0 fully saturated rings. The third-order valence-electron chi connectivity index (χ3n) is 4.15. The van der Waals surface area contributed by atoms with Gasteiger partial charge in [0.15, 0.2) is 0 Å². The number of carbonyl (C=O) groups is 2. The normalized spacial score (nSPS) is 10.6. The number of carbonyl (C=O) groups excluding carboxylic acids is 2. The fraction of sp³-hybridized carbons (Fsp3) is 0.190. The van der Waals surface area contributed by atoms with Gasteiger partial charge in [0.2, 0.25) is 5.91 Å². The van der Waals surface area contributed by atoms with Crippen molar-refractivity contribution in [1.29, 1.82) is 0 Å². The van der Waals surface area contributed by atoms with Crippen LogP contribution in [0.15, 0.2) is 48.5 Å². The van der Waals surface area contributed by atoms with Crippen molar-refractivity contribution in [3.8, 4) is 0 Å². The van der Waals surface area contributed by atoms with Gasteiger partial charge in [0.25, 0.3) is 5.91 Å². The van der Waals surface area contributed by atoms with E-state index in [-0.39, 0.29) is 29.8 Å². The summed E-state index contributed by atoms with van der Waals surface area (Å²) in [6.07, 6.45) is 0.0519. The summed E-state index contributed by atoms with van der Waals surface area (Å²) in [7, 11) is 0. The second-order valence-corrected chi connectivity index (χ2v) is 7.87. The van der Waals surface area contributed by atoms with Crippen LogP contribution in [0.1, 0.15) is 31.5 Å². The van der Waals surface area contributed by atoms with Crippen LogP contribution in [0, 0.1) is 12.7 Å². The predicted octanol–water partition coefficient (Wildman–Crippen LogP) is 4.03. The number of nitrogens with zero attached hydrogens (tertiary/aromatic N) is 1. The van der Waals surface area contributed by atoms with Crippen molar-refractivity contribution < 1.29 is 14.0 Å². The van der Waals surface area contributed by atoms with Crippen LogP contribution in [0.5, 0.6) is 0 Å². The van der Waals surface area contributed by atoms with Crippen molar-refractivity contribution in [2.45, 2.75) is 26.4 Å². The van der Waals surface area contributed by atoms with Gasteiger partial charge in [-0.1, -0.05) is 48.0 Å². The summed E-state index contributed by atoms with van der Waals surface area (Å²) in [5.74, 6) is -0.898. The van der Waals surface area contributed by atoms with Crippen LogP contribution in [0.25, 0.3) is 0 Å². The Labute approximate surface area is 176 Å². The number of hydrogen-bond donors (Lipinski definition) is 2. The summed E-state index contributed by atoms with van der Waals surface area (Å²) in [5, 5.41) is 6.41. The van der Waals surface area contributed by atoms with E-state index in [1.807, 2.05) is 30.3 Å². The maximum atomic E-state index is 13.1. The van der Waals surface area contributed by atoms with E-state index in [4.69, 9.17) is 11.6 Å². The maximum absolute atomic E-state index is 13.1. The van der Waals surface area contributed by atoms with E-state index in [0.717, 1.165) is 5.56 Å². The van der Waals surface area contributed by atoms with Gasteiger partial charge in [-0.3, -0.25) is 9.59 Å². The summed E-state index contributed by atoms with van der Waals surface area (Å²) in [6, 6.07) is 13.6. The minimum atomic E-state index is -0.429. The van der Waals surface area contributed by atoms with Crippen molar-refractivity contribution in [3.05, 3.63) is 86.1 Å².